The van der Waals surface area contributed by atoms with E-state index in [1.807, 2.05) is 35.7 Å². The highest BCUT2D eigenvalue weighted by Crippen LogP contribution is 2.20. The summed E-state index contributed by atoms with van der Waals surface area (Å²) in [6.45, 7) is 0. The van der Waals surface area contributed by atoms with Gasteiger partial charge in [-0.3, -0.25) is 0 Å². The summed E-state index contributed by atoms with van der Waals surface area (Å²) >= 11 is 1.50. The van der Waals surface area contributed by atoms with Gasteiger partial charge in [-0.05, 0) is 5.92 Å². The van der Waals surface area contributed by atoms with Crippen LogP contribution in [0.1, 0.15) is 5.01 Å². The van der Waals surface area contributed by atoms with E-state index in [4.69, 9.17) is 6.42 Å². The summed E-state index contributed by atoms with van der Waals surface area (Å²) in [5.41, 5.74) is 2.07. The van der Waals surface area contributed by atoms with Gasteiger partial charge in [0.05, 0.1) is 5.69 Å². The second kappa shape index (κ2) is 3.42. The summed E-state index contributed by atoms with van der Waals surface area (Å²) in [7, 11) is 0. The molecule has 1 heterocycles. The fraction of sp³-hybridized carbons (Fsp3) is 0. The van der Waals surface area contributed by atoms with Crippen LogP contribution in [-0.2, 0) is 0 Å². The van der Waals surface area contributed by atoms with Crippen molar-refractivity contribution in [3.63, 3.8) is 0 Å². The Morgan fingerprint density at radius 2 is 2.00 bits per heavy atom. The first-order chi connectivity index (χ1) is 6.40. The summed E-state index contributed by atoms with van der Waals surface area (Å²) in [5.74, 6) is 2.52. The number of nitrogens with zero attached hydrogens (tertiary/aromatic N) is 1. The molecule has 2 aromatic rings. The minimum atomic E-state index is 0.735. The number of aromatic nitrogens is 1. The van der Waals surface area contributed by atoms with Crippen LogP contribution in [0.2, 0.25) is 0 Å². The summed E-state index contributed by atoms with van der Waals surface area (Å²) in [5, 5.41) is 2.71. The molecule has 0 amide bonds. The molecular weight excluding hydrogens is 178 g/mol. The molecule has 1 aromatic heterocycles. The zero-order valence-electron chi connectivity index (χ0n) is 6.90. The molecule has 0 saturated carbocycles. The highest BCUT2D eigenvalue weighted by molar-refractivity contribution is 7.10. The smallest absolute Gasteiger partial charge is 0.167 e. The SMILES string of the molecule is C#Cc1nc(-c2ccccc2)cs1. The Morgan fingerprint density at radius 3 is 2.62 bits per heavy atom. The van der Waals surface area contributed by atoms with Gasteiger partial charge in [0.25, 0.3) is 0 Å². The standard InChI is InChI=1S/C11H7NS/c1-2-11-12-10(8-13-11)9-6-4-3-5-7-9/h1,3-8H. The molecule has 1 nitrogen and oxygen atoms in total. The predicted octanol–water partition coefficient (Wildman–Crippen LogP) is 2.79. The Labute approximate surface area is 81.1 Å². The third-order valence-electron chi connectivity index (χ3n) is 1.70. The lowest BCUT2D eigenvalue weighted by Crippen LogP contribution is -1.76. The molecule has 0 N–H and O–H groups in total. The van der Waals surface area contributed by atoms with E-state index in [2.05, 4.69) is 10.9 Å². The molecule has 1 aromatic carbocycles. The summed E-state index contributed by atoms with van der Waals surface area (Å²) < 4.78 is 0. The van der Waals surface area contributed by atoms with Crippen LogP contribution >= 0.6 is 11.3 Å². The van der Waals surface area contributed by atoms with Crippen molar-refractivity contribution in [3.05, 3.63) is 40.7 Å². The summed E-state index contributed by atoms with van der Waals surface area (Å²) in [6, 6.07) is 10.0. The van der Waals surface area contributed by atoms with E-state index in [1.165, 1.54) is 11.3 Å². The first-order valence-electron chi connectivity index (χ1n) is 3.88. The van der Waals surface area contributed by atoms with E-state index in [9.17, 15) is 0 Å². The van der Waals surface area contributed by atoms with Crippen LogP contribution in [-0.4, -0.2) is 4.98 Å². The largest absolute Gasteiger partial charge is 0.228 e. The zero-order valence-corrected chi connectivity index (χ0v) is 7.71. The minimum absolute atomic E-state index is 0.735. The predicted molar refractivity (Wildman–Crippen MR) is 55.5 cm³/mol. The molecule has 2 heteroatoms. The van der Waals surface area contributed by atoms with Gasteiger partial charge in [0, 0.05) is 10.9 Å². The second-order valence-electron chi connectivity index (χ2n) is 2.55. The molecule has 0 atom stereocenters. The van der Waals surface area contributed by atoms with Crippen molar-refractivity contribution in [1.29, 1.82) is 0 Å². The Morgan fingerprint density at radius 1 is 1.23 bits per heavy atom. The van der Waals surface area contributed by atoms with Gasteiger partial charge < -0.3 is 0 Å². The number of hydrogen-bond donors (Lipinski definition) is 0. The van der Waals surface area contributed by atoms with Crippen molar-refractivity contribution >= 4 is 11.3 Å². The van der Waals surface area contributed by atoms with Gasteiger partial charge >= 0.3 is 0 Å². The monoisotopic (exact) mass is 185 g/mol. The zero-order chi connectivity index (χ0) is 9.10. The fourth-order valence-corrected chi connectivity index (χ4v) is 1.71. The quantitative estimate of drug-likeness (QED) is 0.622. The van der Waals surface area contributed by atoms with Gasteiger partial charge in [-0.2, -0.15) is 0 Å². The molecular formula is C11H7NS. The Bertz CT molecular complexity index is 437. The Hall–Kier alpha value is -1.59. The van der Waals surface area contributed by atoms with Crippen molar-refractivity contribution in [2.75, 3.05) is 0 Å². The molecule has 0 saturated heterocycles. The van der Waals surface area contributed by atoms with Gasteiger partial charge in [0.15, 0.2) is 5.01 Å². The first-order valence-corrected chi connectivity index (χ1v) is 4.75. The molecule has 0 aliphatic rings. The molecule has 0 aliphatic carbocycles. The minimum Gasteiger partial charge on any atom is -0.228 e. The highest BCUT2D eigenvalue weighted by atomic mass is 32.1. The number of terminal acetylenes is 1. The van der Waals surface area contributed by atoms with Crippen LogP contribution in [0.4, 0.5) is 0 Å². The maximum Gasteiger partial charge on any atom is 0.167 e. The number of benzene rings is 1. The third kappa shape index (κ3) is 1.61. The Kier molecular flexibility index (Phi) is 2.11. The first kappa shape index (κ1) is 8.03. The second-order valence-corrected chi connectivity index (χ2v) is 3.41. The maximum absolute atomic E-state index is 5.24. The molecule has 0 fully saturated rings. The normalized spacial score (nSPS) is 9.46. The topological polar surface area (TPSA) is 12.9 Å². The van der Waals surface area contributed by atoms with Gasteiger partial charge in [-0.1, -0.05) is 30.3 Å². The van der Waals surface area contributed by atoms with E-state index < -0.39 is 0 Å². The van der Waals surface area contributed by atoms with Crippen molar-refractivity contribution in [3.8, 4) is 23.6 Å². The van der Waals surface area contributed by atoms with Crippen LogP contribution in [0, 0.1) is 12.3 Å². The van der Waals surface area contributed by atoms with Gasteiger partial charge in [-0.15, -0.1) is 17.8 Å². The average molecular weight is 185 g/mol. The number of hydrogen-bond acceptors (Lipinski definition) is 2. The van der Waals surface area contributed by atoms with Gasteiger partial charge in [0.2, 0.25) is 0 Å². The van der Waals surface area contributed by atoms with Crippen LogP contribution in [0.5, 0.6) is 0 Å². The molecule has 0 radical (unpaired) electrons. The molecule has 0 aliphatic heterocycles. The molecule has 13 heavy (non-hydrogen) atoms. The van der Waals surface area contributed by atoms with E-state index >= 15 is 0 Å². The fourth-order valence-electron chi connectivity index (χ4n) is 1.08. The van der Waals surface area contributed by atoms with E-state index in [0.717, 1.165) is 16.3 Å². The van der Waals surface area contributed by atoms with Gasteiger partial charge in [-0.25, -0.2) is 4.98 Å². The molecule has 62 valence electrons. The van der Waals surface area contributed by atoms with Crippen molar-refractivity contribution < 1.29 is 0 Å². The molecule has 0 spiro atoms. The van der Waals surface area contributed by atoms with Crippen molar-refractivity contribution in [2.24, 2.45) is 0 Å². The average Bonchev–Trinajstić information content (AvgIpc) is 2.67. The molecule has 0 bridgehead atoms. The Balaban J connectivity index is 2.43. The summed E-state index contributed by atoms with van der Waals surface area (Å²) in [6.07, 6.45) is 5.24. The summed E-state index contributed by atoms with van der Waals surface area (Å²) in [4.78, 5) is 4.28. The number of rotatable bonds is 1. The lowest BCUT2D eigenvalue weighted by atomic mass is 10.2. The third-order valence-corrected chi connectivity index (χ3v) is 2.47. The van der Waals surface area contributed by atoms with Crippen LogP contribution in [0.15, 0.2) is 35.7 Å². The van der Waals surface area contributed by atoms with Crippen molar-refractivity contribution in [2.45, 2.75) is 0 Å². The van der Waals surface area contributed by atoms with E-state index in [0.29, 0.717) is 0 Å². The number of thiazole rings is 1. The maximum atomic E-state index is 5.24. The van der Waals surface area contributed by atoms with Crippen LogP contribution in [0.3, 0.4) is 0 Å². The molecule has 2 rings (SSSR count). The van der Waals surface area contributed by atoms with E-state index in [-0.39, 0.29) is 0 Å². The van der Waals surface area contributed by atoms with Gasteiger partial charge in [0.1, 0.15) is 0 Å². The van der Waals surface area contributed by atoms with Crippen molar-refractivity contribution in [1.82, 2.24) is 4.98 Å². The molecule has 0 unspecified atom stereocenters. The highest BCUT2D eigenvalue weighted by Gasteiger charge is 2.00. The van der Waals surface area contributed by atoms with E-state index in [1.54, 1.807) is 0 Å². The lowest BCUT2D eigenvalue weighted by molar-refractivity contribution is 1.38. The lowest BCUT2D eigenvalue weighted by Gasteiger charge is -1.92. The van der Waals surface area contributed by atoms with Crippen LogP contribution < -0.4 is 0 Å². The van der Waals surface area contributed by atoms with Crippen LogP contribution in [0.25, 0.3) is 11.3 Å².